The zero-order chi connectivity index (χ0) is 37.8. The Hall–Kier alpha value is -6.63. The van der Waals surface area contributed by atoms with Crippen molar-refractivity contribution < 1.29 is 31.7 Å². The van der Waals surface area contributed by atoms with E-state index in [0.29, 0.717) is 16.9 Å². The number of aryl methyl sites for hydroxylation is 3. The maximum atomic E-state index is 12.7. The predicted molar refractivity (Wildman–Crippen MR) is 208 cm³/mol. The second kappa shape index (κ2) is 17.5. The number of carbonyl (C=O) groups excluding carboxylic acids is 2. The first-order valence-corrected chi connectivity index (χ1v) is 17.9. The van der Waals surface area contributed by atoms with Crippen molar-refractivity contribution in [3.8, 4) is 0 Å². The standard InChI is InChI=1S/C34H30N6O2.C7H8O3S/c1-39-21-17-31(18-22-39)35-27-8-12-29(13-9-27)37-33(41)16-5-25-3-6-26(7-4-25)34(42)38-30-14-10-28(11-15-30)36-32-19-23-40(2)24-20-32;1-6-2-4-7(5-3-6)11(8,9)10/h3-24H,1-2H3,(H2,37,38,41,42);2-5H,1H3,(H,8,9,10)/p+2/b16-5+;. The number of pyridine rings is 2. The van der Waals surface area contributed by atoms with Crippen LogP contribution >= 0.6 is 0 Å². The molecule has 0 bridgehead atoms. The van der Waals surface area contributed by atoms with Gasteiger partial charge < -0.3 is 21.3 Å². The van der Waals surface area contributed by atoms with Crippen LogP contribution in [0, 0.1) is 6.92 Å². The number of carbonyl (C=O) groups is 2. The summed E-state index contributed by atoms with van der Waals surface area (Å²) in [5, 5.41) is 12.4. The molecule has 268 valence electrons. The van der Waals surface area contributed by atoms with Crippen LogP contribution in [0.1, 0.15) is 21.5 Å². The highest BCUT2D eigenvalue weighted by molar-refractivity contribution is 7.85. The van der Waals surface area contributed by atoms with E-state index >= 15 is 0 Å². The average molecular weight is 729 g/mol. The van der Waals surface area contributed by atoms with E-state index in [1.165, 1.54) is 18.2 Å². The Balaban J connectivity index is 0.000000422. The number of amides is 2. The second-order valence-electron chi connectivity index (χ2n) is 12.1. The van der Waals surface area contributed by atoms with Crippen LogP contribution in [0.15, 0.2) is 157 Å². The Morgan fingerprint density at radius 1 is 0.566 bits per heavy atom. The molecule has 53 heavy (non-hydrogen) atoms. The molecule has 12 heteroatoms. The fourth-order valence-electron chi connectivity index (χ4n) is 4.79. The van der Waals surface area contributed by atoms with Gasteiger partial charge in [-0.05, 0) is 91.4 Å². The van der Waals surface area contributed by atoms with E-state index in [4.69, 9.17) is 4.55 Å². The first-order valence-electron chi connectivity index (χ1n) is 16.5. The molecule has 0 atom stereocenters. The quantitative estimate of drug-likeness (QED) is 0.0583. The molecule has 0 saturated heterocycles. The number of benzene rings is 4. The highest BCUT2D eigenvalue weighted by Gasteiger charge is 2.08. The number of rotatable bonds is 10. The third kappa shape index (κ3) is 12.0. The maximum Gasteiger partial charge on any atom is 0.294 e. The van der Waals surface area contributed by atoms with Gasteiger partial charge in [-0.2, -0.15) is 8.42 Å². The van der Waals surface area contributed by atoms with E-state index in [-0.39, 0.29) is 16.7 Å². The Kier molecular flexibility index (Phi) is 12.4. The number of anilines is 6. The molecule has 0 spiro atoms. The van der Waals surface area contributed by atoms with E-state index in [1.807, 2.05) is 128 Å². The summed E-state index contributed by atoms with van der Waals surface area (Å²) in [7, 11) is -0.0810. The van der Waals surface area contributed by atoms with Crippen molar-refractivity contribution in [2.45, 2.75) is 11.8 Å². The molecule has 4 aromatic carbocycles. The summed E-state index contributed by atoms with van der Waals surface area (Å²) in [6.45, 7) is 1.84. The molecule has 11 nitrogen and oxygen atoms in total. The first kappa shape index (κ1) is 37.6. The summed E-state index contributed by atoms with van der Waals surface area (Å²) < 4.78 is 33.5. The number of nitrogens with one attached hydrogen (secondary N) is 4. The van der Waals surface area contributed by atoms with Crippen molar-refractivity contribution >= 4 is 62.1 Å². The normalized spacial score (nSPS) is 10.9. The van der Waals surface area contributed by atoms with Gasteiger partial charge in [0.05, 0.1) is 16.3 Å². The lowest BCUT2D eigenvalue weighted by Crippen LogP contribution is -2.25. The number of nitrogens with zero attached hydrogens (tertiary/aromatic N) is 2. The number of hydrogen-bond donors (Lipinski definition) is 5. The summed E-state index contributed by atoms with van der Waals surface area (Å²) in [5.74, 6) is -0.453. The van der Waals surface area contributed by atoms with Gasteiger partial charge in [0.25, 0.3) is 16.0 Å². The molecule has 0 aliphatic carbocycles. The molecule has 0 saturated carbocycles. The van der Waals surface area contributed by atoms with Crippen LogP contribution in [-0.4, -0.2) is 24.8 Å². The van der Waals surface area contributed by atoms with Crippen LogP contribution in [0.3, 0.4) is 0 Å². The summed E-state index contributed by atoms with van der Waals surface area (Å²) in [5.41, 5.74) is 7.49. The third-order valence-corrected chi connectivity index (χ3v) is 8.62. The molecule has 6 rings (SSSR count). The fraction of sp³-hybridized carbons (Fsp3) is 0.0732. The lowest BCUT2D eigenvalue weighted by Gasteiger charge is -2.09. The van der Waals surface area contributed by atoms with E-state index < -0.39 is 10.1 Å². The van der Waals surface area contributed by atoms with E-state index in [9.17, 15) is 18.0 Å². The molecule has 5 N–H and O–H groups in total. The van der Waals surface area contributed by atoms with E-state index in [0.717, 1.165) is 33.9 Å². The van der Waals surface area contributed by atoms with Gasteiger partial charge in [-0.25, -0.2) is 9.13 Å². The minimum Gasteiger partial charge on any atom is -0.355 e. The van der Waals surface area contributed by atoms with Gasteiger partial charge in [0, 0.05) is 58.7 Å². The van der Waals surface area contributed by atoms with Crippen molar-refractivity contribution in [2.24, 2.45) is 14.1 Å². The van der Waals surface area contributed by atoms with Crippen LogP contribution in [0.25, 0.3) is 6.08 Å². The van der Waals surface area contributed by atoms with Crippen molar-refractivity contribution in [1.82, 2.24) is 0 Å². The summed E-state index contributed by atoms with van der Waals surface area (Å²) >= 11 is 0. The van der Waals surface area contributed by atoms with Gasteiger partial charge in [-0.1, -0.05) is 29.8 Å². The highest BCUT2D eigenvalue weighted by atomic mass is 32.2. The summed E-state index contributed by atoms with van der Waals surface area (Å²) in [6.07, 6.45) is 11.1. The Morgan fingerprint density at radius 2 is 0.981 bits per heavy atom. The van der Waals surface area contributed by atoms with E-state index in [2.05, 4.69) is 21.3 Å². The largest absolute Gasteiger partial charge is 0.355 e. The maximum absolute atomic E-state index is 12.7. The second-order valence-corrected chi connectivity index (χ2v) is 13.5. The Morgan fingerprint density at radius 3 is 1.43 bits per heavy atom. The van der Waals surface area contributed by atoms with Gasteiger partial charge in [0.2, 0.25) is 5.91 Å². The van der Waals surface area contributed by atoms with Crippen LogP contribution < -0.4 is 30.4 Å². The molecule has 0 fully saturated rings. The fourth-order valence-corrected chi connectivity index (χ4v) is 5.27. The van der Waals surface area contributed by atoms with Gasteiger partial charge >= 0.3 is 0 Å². The van der Waals surface area contributed by atoms with Crippen molar-refractivity contribution in [1.29, 1.82) is 0 Å². The average Bonchev–Trinajstić information content (AvgIpc) is 3.14. The monoisotopic (exact) mass is 728 g/mol. The molecule has 0 radical (unpaired) electrons. The third-order valence-electron chi connectivity index (χ3n) is 7.75. The van der Waals surface area contributed by atoms with Gasteiger partial charge in [-0.15, -0.1) is 0 Å². The molecule has 2 aromatic heterocycles. The van der Waals surface area contributed by atoms with Gasteiger partial charge in [-0.3, -0.25) is 14.1 Å². The highest BCUT2D eigenvalue weighted by Crippen LogP contribution is 2.20. The molecule has 2 heterocycles. The van der Waals surface area contributed by atoms with E-state index in [1.54, 1.807) is 42.5 Å². The minimum absolute atomic E-state index is 0.0666. The van der Waals surface area contributed by atoms with Crippen LogP contribution in [0.2, 0.25) is 0 Å². The van der Waals surface area contributed by atoms with Gasteiger partial charge in [0.1, 0.15) is 14.1 Å². The lowest BCUT2D eigenvalue weighted by atomic mass is 10.1. The molecular weight excluding hydrogens is 689 g/mol. The summed E-state index contributed by atoms with van der Waals surface area (Å²) in [4.78, 5) is 25.1. The molecule has 6 aromatic rings. The Bertz CT molecular complexity index is 2280. The minimum atomic E-state index is -4.02. The first-order chi connectivity index (χ1) is 25.4. The van der Waals surface area contributed by atoms with Crippen molar-refractivity contribution in [3.05, 3.63) is 169 Å². The number of aromatic nitrogens is 2. The van der Waals surface area contributed by atoms with Crippen LogP contribution in [0.4, 0.5) is 34.1 Å². The molecule has 0 aliphatic rings. The van der Waals surface area contributed by atoms with Crippen molar-refractivity contribution in [2.75, 3.05) is 21.3 Å². The Labute approximate surface area is 309 Å². The SMILES string of the molecule is C[n+]1ccc(Nc2ccc(NC(=O)/C=C/c3ccc(C(=O)Nc4ccc(Nc5cc[n+](C)cc5)cc4)cc3)cc2)cc1.Cc1ccc(S(=O)(=O)O)cc1. The molecule has 0 aliphatic heterocycles. The van der Waals surface area contributed by atoms with Crippen molar-refractivity contribution in [3.63, 3.8) is 0 Å². The van der Waals surface area contributed by atoms with Crippen LogP contribution in [0.5, 0.6) is 0 Å². The zero-order valence-corrected chi connectivity index (χ0v) is 30.2. The summed E-state index contributed by atoms with van der Waals surface area (Å²) in [6, 6.07) is 36.1. The van der Waals surface area contributed by atoms with Crippen LogP contribution in [-0.2, 0) is 29.0 Å². The smallest absolute Gasteiger partial charge is 0.294 e. The zero-order valence-electron chi connectivity index (χ0n) is 29.4. The predicted octanol–water partition coefficient (Wildman–Crippen LogP) is 6.97. The molecule has 2 amide bonds. The topological polar surface area (TPSA) is 144 Å². The number of hydrogen-bond acceptors (Lipinski definition) is 6. The van der Waals surface area contributed by atoms with Gasteiger partial charge in [0.15, 0.2) is 24.8 Å². The molecular formula is C41H40N6O5S+2. The lowest BCUT2D eigenvalue weighted by molar-refractivity contribution is -0.671. The molecule has 0 unspecified atom stereocenters.